The van der Waals surface area contributed by atoms with Gasteiger partial charge in [0.05, 0.1) is 22.7 Å². The number of carbonyl (C=O) groups is 1. The van der Waals surface area contributed by atoms with Crippen LogP contribution >= 0.6 is 11.3 Å². The Kier molecular flexibility index (Phi) is 5.79. The minimum atomic E-state index is -2.30. The molecule has 1 aliphatic carbocycles. The first-order valence-corrected chi connectivity index (χ1v) is 11.2. The Morgan fingerprint density at radius 3 is 2.29 bits per heavy atom. The van der Waals surface area contributed by atoms with Crippen LogP contribution in [0.15, 0.2) is 35.7 Å². The van der Waals surface area contributed by atoms with Gasteiger partial charge in [0.2, 0.25) is 11.7 Å². The van der Waals surface area contributed by atoms with Crippen molar-refractivity contribution in [2.75, 3.05) is 5.32 Å². The first-order chi connectivity index (χ1) is 16.7. The van der Waals surface area contributed by atoms with E-state index in [9.17, 15) is 31.1 Å². The number of fused-ring (bicyclic) bond motifs is 3. The van der Waals surface area contributed by atoms with E-state index in [0.29, 0.717) is 34.7 Å². The zero-order valence-electron chi connectivity index (χ0n) is 17.6. The van der Waals surface area contributed by atoms with Gasteiger partial charge in [0.15, 0.2) is 29.1 Å². The second-order valence-corrected chi connectivity index (χ2v) is 8.72. The van der Waals surface area contributed by atoms with E-state index in [4.69, 9.17) is 0 Å². The Balaban J connectivity index is 1.54. The number of nitrogens with zero attached hydrogens (tertiary/aromatic N) is 2. The number of hydrogen-bond acceptors (Lipinski definition) is 4. The maximum atomic E-state index is 14.0. The molecule has 0 saturated heterocycles. The van der Waals surface area contributed by atoms with Crippen LogP contribution in [0.1, 0.15) is 16.8 Å². The number of carbonyl (C=O) groups excluding carboxylic acids is 1. The minimum absolute atomic E-state index is 0.0226. The number of anilines is 1. The number of aromatic nitrogens is 2. The van der Waals surface area contributed by atoms with Crippen LogP contribution in [-0.4, -0.2) is 15.9 Å². The Morgan fingerprint density at radius 1 is 0.886 bits per heavy atom. The van der Waals surface area contributed by atoms with Crippen LogP contribution in [0, 0.1) is 34.9 Å². The van der Waals surface area contributed by atoms with Crippen molar-refractivity contribution in [2.45, 2.75) is 19.3 Å². The summed E-state index contributed by atoms with van der Waals surface area (Å²) in [6, 6.07) is 7.78. The molecule has 35 heavy (non-hydrogen) atoms. The van der Waals surface area contributed by atoms with E-state index in [-0.39, 0.29) is 17.3 Å². The summed E-state index contributed by atoms with van der Waals surface area (Å²) in [6.45, 7) is 0. The van der Waals surface area contributed by atoms with Crippen LogP contribution in [0.5, 0.6) is 0 Å². The van der Waals surface area contributed by atoms with Crippen LogP contribution in [-0.2, 0) is 24.1 Å². The van der Waals surface area contributed by atoms with Gasteiger partial charge in [-0.2, -0.15) is 0 Å². The van der Waals surface area contributed by atoms with E-state index in [1.807, 2.05) is 0 Å². The van der Waals surface area contributed by atoms with Gasteiger partial charge in [-0.15, -0.1) is 11.3 Å². The van der Waals surface area contributed by atoms with E-state index < -0.39 is 47.0 Å². The van der Waals surface area contributed by atoms with Gasteiger partial charge >= 0.3 is 0 Å². The Morgan fingerprint density at radius 2 is 1.60 bits per heavy atom. The molecule has 5 rings (SSSR count). The predicted molar refractivity (Wildman–Crippen MR) is 117 cm³/mol. The van der Waals surface area contributed by atoms with E-state index in [1.54, 1.807) is 23.6 Å². The highest BCUT2D eigenvalue weighted by Crippen LogP contribution is 2.37. The molecule has 1 amide bonds. The van der Waals surface area contributed by atoms with E-state index in [1.165, 1.54) is 23.5 Å². The smallest absolute Gasteiger partial charge is 0.230 e. The summed E-state index contributed by atoms with van der Waals surface area (Å²) in [5.41, 5.74) is 1.47. The highest BCUT2D eigenvalue weighted by Gasteiger charge is 2.28. The lowest BCUT2D eigenvalue weighted by Crippen LogP contribution is -2.21. The normalized spacial score (nSPS) is 12.3. The molecule has 0 spiro atoms. The average molecular weight is 505 g/mol. The van der Waals surface area contributed by atoms with E-state index in [0.717, 1.165) is 5.56 Å². The van der Waals surface area contributed by atoms with Crippen molar-refractivity contribution < 1.29 is 31.1 Å². The summed E-state index contributed by atoms with van der Waals surface area (Å²) in [5, 5.41) is 4.16. The largest absolute Gasteiger partial charge is 0.309 e. The number of hydrogen-bond donors (Lipinski definition) is 1. The number of aryl methyl sites for hydroxylation is 2. The van der Waals surface area contributed by atoms with Crippen LogP contribution in [0.3, 0.4) is 0 Å². The number of benzene rings is 2. The molecule has 4 nitrogen and oxygen atoms in total. The lowest BCUT2D eigenvalue weighted by Gasteiger charge is -2.20. The third kappa shape index (κ3) is 4.05. The molecular formula is C24H13F6N3OS. The summed E-state index contributed by atoms with van der Waals surface area (Å²) in [4.78, 5) is 22.4. The monoisotopic (exact) mass is 505 g/mol. The van der Waals surface area contributed by atoms with Crippen LogP contribution in [0.4, 0.5) is 32.2 Å². The van der Waals surface area contributed by atoms with Crippen molar-refractivity contribution >= 4 is 23.1 Å². The number of nitrogens with one attached hydrogen (secondary N) is 1. The molecule has 0 fully saturated rings. The minimum Gasteiger partial charge on any atom is -0.309 e. The van der Waals surface area contributed by atoms with Gasteiger partial charge in [0.1, 0.15) is 11.5 Å². The summed E-state index contributed by atoms with van der Waals surface area (Å²) >= 11 is 1.29. The molecular weight excluding hydrogens is 492 g/mol. The van der Waals surface area contributed by atoms with Crippen molar-refractivity contribution in [1.82, 2.24) is 9.97 Å². The van der Waals surface area contributed by atoms with E-state index in [2.05, 4.69) is 15.3 Å². The molecule has 1 N–H and O–H groups in total. The summed E-state index contributed by atoms with van der Waals surface area (Å²) in [6.07, 6.45) is -0.244. The van der Waals surface area contributed by atoms with Gasteiger partial charge in [0, 0.05) is 11.1 Å². The zero-order valence-corrected chi connectivity index (χ0v) is 18.4. The molecule has 0 aliphatic heterocycles. The zero-order chi connectivity index (χ0) is 24.9. The number of thiophene rings is 1. The predicted octanol–water partition coefficient (Wildman–Crippen LogP) is 5.99. The van der Waals surface area contributed by atoms with Crippen LogP contribution in [0.2, 0.25) is 0 Å². The molecule has 2 heterocycles. The first-order valence-electron chi connectivity index (χ1n) is 10.3. The van der Waals surface area contributed by atoms with Gasteiger partial charge < -0.3 is 5.32 Å². The van der Waals surface area contributed by atoms with Gasteiger partial charge in [0.25, 0.3) is 0 Å². The Hall–Kier alpha value is -3.73. The maximum Gasteiger partial charge on any atom is 0.230 e. The van der Waals surface area contributed by atoms with E-state index >= 15 is 0 Å². The van der Waals surface area contributed by atoms with Gasteiger partial charge in [-0.1, -0.05) is 6.07 Å². The maximum absolute atomic E-state index is 14.0. The third-order valence-electron chi connectivity index (χ3n) is 5.57. The van der Waals surface area contributed by atoms with Crippen molar-refractivity contribution in [3.63, 3.8) is 0 Å². The van der Waals surface area contributed by atoms with Crippen molar-refractivity contribution in [1.29, 1.82) is 0 Å². The fourth-order valence-electron chi connectivity index (χ4n) is 3.93. The second-order valence-electron chi connectivity index (χ2n) is 7.77. The standard InChI is InChI=1S/C24H13F6N3OS/c25-11-4-5-12-10(8-11)3-6-14-22(12)33-23(15-2-1-7-35-15)24(31-14)32-16(34)9-13-17(26)19(28)21(30)20(29)18(13)27/h1-2,4-5,7-8H,3,6,9H2,(H,31,32,34). The highest BCUT2D eigenvalue weighted by atomic mass is 32.1. The molecule has 2 aromatic heterocycles. The topological polar surface area (TPSA) is 54.9 Å². The summed E-state index contributed by atoms with van der Waals surface area (Å²) in [7, 11) is 0. The molecule has 4 aromatic rings. The molecule has 0 bridgehead atoms. The molecule has 0 unspecified atom stereocenters. The molecule has 2 aromatic carbocycles. The first kappa shape index (κ1) is 23.0. The van der Waals surface area contributed by atoms with Gasteiger partial charge in [-0.3, -0.25) is 4.79 Å². The van der Waals surface area contributed by atoms with Crippen LogP contribution < -0.4 is 5.32 Å². The Labute approximate surface area is 198 Å². The fraction of sp³-hybridized carbons (Fsp3) is 0.125. The lowest BCUT2D eigenvalue weighted by molar-refractivity contribution is -0.115. The number of rotatable bonds is 4. The second kappa shape index (κ2) is 8.81. The van der Waals surface area contributed by atoms with Gasteiger partial charge in [-0.25, -0.2) is 36.3 Å². The van der Waals surface area contributed by atoms with Crippen molar-refractivity contribution in [2.24, 2.45) is 0 Å². The quantitative estimate of drug-likeness (QED) is 0.211. The fourth-order valence-corrected chi connectivity index (χ4v) is 4.64. The van der Waals surface area contributed by atoms with Gasteiger partial charge in [-0.05, 0) is 48.1 Å². The third-order valence-corrected chi connectivity index (χ3v) is 6.45. The molecule has 0 saturated carbocycles. The van der Waals surface area contributed by atoms with Crippen molar-refractivity contribution in [3.05, 3.63) is 87.4 Å². The SMILES string of the molecule is O=C(Cc1c(F)c(F)c(F)c(F)c1F)Nc1nc2c(nc1-c1cccs1)-c1ccc(F)cc1CC2. The molecule has 0 atom stereocenters. The average Bonchev–Trinajstić information content (AvgIpc) is 3.38. The number of amides is 1. The molecule has 1 aliphatic rings. The molecule has 178 valence electrons. The Bertz CT molecular complexity index is 1460. The highest BCUT2D eigenvalue weighted by molar-refractivity contribution is 7.13. The summed E-state index contributed by atoms with van der Waals surface area (Å²) in [5.74, 6) is -12.2. The molecule has 11 heteroatoms. The van der Waals surface area contributed by atoms with Crippen molar-refractivity contribution in [3.8, 4) is 21.8 Å². The lowest BCUT2D eigenvalue weighted by atomic mass is 9.91. The van der Waals surface area contributed by atoms with Crippen LogP contribution in [0.25, 0.3) is 21.8 Å². The molecule has 0 radical (unpaired) electrons. The summed E-state index contributed by atoms with van der Waals surface area (Å²) < 4.78 is 82.1. The number of halogens is 6.